The van der Waals surface area contributed by atoms with Crippen molar-refractivity contribution in [3.63, 3.8) is 0 Å². The Bertz CT molecular complexity index is 1180. The van der Waals surface area contributed by atoms with Gasteiger partial charge in [-0.1, -0.05) is 6.07 Å². The quantitative estimate of drug-likeness (QED) is 0.645. The van der Waals surface area contributed by atoms with Gasteiger partial charge in [0.2, 0.25) is 10.0 Å². The van der Waals surface area contributed by atoms with Crippen molar-refractivity contribution in [2.45, 2.75) is 37.0 Å². The zero-order valence-electron chi connectivity index (χ0n) is 17.9. The van der Waals surface area contributed by atoms with Crippen LogP contribution in [-0.2, 0) is 37.2 Å². The van der Waals surface area contributed by atoms with Gasteiger partial charge in [-0.2, -0.15) is 4.31 Å². The highest BCUT2D eigenvalue weighted by atomic mass is 32.2. The lowest BCUT2D eigenvalue weighted by Gasteiger charge is -2.30. The Balaban J connectivity index is 1.27. The van der Waals surface area contributed by atoms with Crippen molar-refractivity contribution in [3.8, 4) is 0 Å². The Labute approximate surface area is 190 Å². The molecule has 2 aliphatic rings. The van der Waals surface area contributed by atoms with Gasteiger partial charge in [-0.05, 0) is 67.5 Å². The van der Waals surface area contributed by atoms with Crippen LogP contribution in [0.4, 0.5) is 14.5 Å². The topological polar surface area (TPSA) is 92.8 Å². The Morgan fingerprint density at radius 1 is 1.00 bits per heavy atom. The van der Waals surface area contributed by atoms with Crippen molar-refractivity contribution in [3.05, 3.63) is 59.2 Å². The fourth-order valence-electron chi connectivity index (χ4n) is 4.22. The number of anilines is 1. The van der Waals surface area contributed by atoms with Crippen LogP contribution < -0.4 is 5.32 Å². The van der Waals surface area contributed by atoms with Crippen LogP contribution in [0, 0.1) is 17.6 Å². The molecule has 0 saturated carbocycles. The van der Waals surface area contributed by atoms with Gasteiger partial charge in [0.05, 0.1) is 10.8 Å². The van der Waals surface area contributed by atoms with E-state index in [1.165, 1.54) is 15.9 Å². The lowest BCUT2D eigenvalue weighted by molar-refractivity contribution is -0.152. The van der Waals surface area contributed by atoms with E-state index in [1.54, 1.807) is 12.1 Å². The van der Waals surface area contributed by atoms with E-state index < -0.39 is 46.1 Å². The lowest BCUT2D eigenvalue weighted by atomic mass is 9.98. The summed E-state index contributed by atoms with van der Waals surface area (Å²) in [5.74, 6) is -3.95. The number of carbonyl (C=O) groups excluding carboxylic acids is 2. The predicted octanol–water partition coefficient (Wildman–Crippen LogP) is 3.04. The van der Waals surface area contributed by atoms with E-state index in [0.717, 1.165) is 37.0 Å². The molecule has 1 N–H and O–H groups in total. The zero-order valence-corrected chi connectivity index (χ0v) is 18.7. The van der Waals surface area contributed by atoms with E-state index in [2.05, 4.69) is 5.32 Å². The van der Waals surface area contributed by atoms with E-state index in [-0.39, 0.29) is 36.5 Å². The second-order valence-corrected chi connectivity index (χ2v) is 10.2. The number of fused-ring (bicyclic) bond motifs is 1. The van der Waals surface area contributed by atoms with Crippen molar-refractivity contribution >= 4 is 27.6 Å². The molecule has 0 aromatic heterocycles. The highest BCUT2D eigenvalue weighted by Crippen LogP contribution is 2.29. The Morgan fingerprint density at radius 3 is 2.45 bits per heavy atom. The van der Waals surface area contributed by atoms with Gasteiger partial charge < -0.3 is 10.1 Å². The second kappa shape index (κ2) is 9.56. The first-order valence-corrected chi connectivity index (χ1v) is 12.2. The summed E-state index contributed by atoms with van der Waals surface area (Å²) in [5, 5.41) is 2.32. The first-order valence-electron chi connectivity index (χ1n) is 10.8. The number of nitrogens with one attached hydrogen (secondary N) is 1. The molecule has 1 heterocycles. The summed E-state index contributed by atoms with van der Waals surface area (Å²) in [4.78, 5) is 24.5. The molecule has 0 unspecified atom stereocenters. The molecule has 10 heteroatoms. The molecule has 33 heavy (non-hydrogen) atoms. The number of benzene rings is 2. The van der Waals surface area contributed by atoms with Gasteiger partial charge in [0, 0.05) is 24.8 Å². The molecule has 1 aliphatic carbocycles. The minimum atomic E-state index is -3.64. The first-order chi connectivity index (χ1) is 15.7. The predicted molar refractivity (Wildman–Crippen MR) is 116 cm³/mol. The summed E-state index contributed by atoms with van der Waals surface area (Å²) in [6.07, 6.45) is 3.46. The molecule has 0 spiro atoms. The molecule has 1 fully saturated rings. The van der Waals surface area contributed by atoms with Gasteiger partial charge >= 0.3 is 5.97 Å². The van der Waals surface area contributed by atoms with Gasteiger partial charge in [-0.3, -0.25) is 9.59 Å². The number of aryl methyl sites for hydroxylation is 2. The molecular formula is C23H24F2N2O5S. The number of sulfonamides is 1. The van der Waals surface area contributed by atoms with Gasteiger partial charge in [-0.25, -0.2) is 17.2 Å². The van der Waals surface area contributed by atoms with Crippen LogP contribution in [0.15, 0.2) is 41.3 Å². The monoisotopic (exact) mass is 478 g/mol. The van der Waals surface area contributed by atoms with E-state index in [9.17, 15) is 26.8 Å². The van der Waals surface area contributed by atoms with Crippen LogP contribution >= 0.6 is 0 Å². The van der Waals surface area contributed by atoms with Gasteiger partial charge in [0.1, 0.15) is 0 Å². The minimum absolute atomic E-state index is 0.0417. The summed E-state index contributed by atoms with van der Waals surface area (Å²) in [7, 11) is -3.64. The maximum absolute atomic E-state index is 13.2. The molecule has 4 rings (SSSR count). The number of halogens is 2. The number of carbonyl (C=O) groups is 2. The number of esters is 1. The number of piperidine rings is 1. The van der Waals surface area contributed by atoms with Crippen LogP contribution in [0.25, 0.3) is 0 Å². The number of ether oxygens (including phenoxy) is 1. The standard InChI is InChI=1S/C23H24F2N2O5S/c24-20-7-5-18(13-21(20)25)26-22(28)14-32-23(29)16-8-10-27(11-9-16)33(30,31)19-6-4-15-2-1-3-17(15)12-19/h4-7,12-13,16H,1-3,8-11,14H2,(H,26,28). The van der Waals surface area contributed by atoms with Gasteiger partial charge in [-0.15, -0.1) is 0 Å². The summed E-state index contributed by atoms with van der Waals surface area (Å²) < 4.78 is 58.6. The zero-order chi connectivity index (χ0) is 23.6. The third kappa shape index (κ3) is 5.22. The third-order valence-corrected chi connectivity index (χ3v) is 7.94. The van der Waals surface area contributed by atoms with Crippen LogP contribution in [0.1, 0.15) is 30.4 Å². The van der Waals surface area contributed by atoms with E-state index in [0.29, 0.717) is 0 Å². The third-order valence-electron chi connectivity index (χ3n) is 6.04. The normalized spacial score (nSPS) is 16.9. The molecule has 2 aromatic carbocycles. The molecule has 1 amide bonds. The van der Waals surface area contributed by atoms with Crippen molar-refractivity contribution in [2.24, 2.45) is 5.92 Å². The van der Waals surface area contributed by atoms with E-state index >= 15 is 0 Å². The minimum Gasteiger partial charge on any atom is -0.455 e. The highest BCUT2D eigenvalue weighted by Gasteiger charge is 2.33. The highest BCUT2D eigenvalue weighted by molar-refractivity contribution is 7.89. The van der Waals surface area contributed by atoms with Crippen molar-refractivity contribution in [1.82, 2.24) is 4.31 Å². The number of hydrogen-bond acceptors (Lipinski definition) is 5. The summed E-state index contributed by atoms with van der Waals surface area (Å²) >= 11 is 0. The molecule has 7 nitrogen and oxygen atoms in total. The molecular weight excluding hydrogens is 454 g/mol. The Hall–Kier alpha value is -2.85. The first kappa shape index (κ1) is 23.3. The average Bonchev–Trinajstić information content (AvgIpc) is 3.28. The SMILES string of the molecule is O=C(COC(=O)C1CCN(S(=O)(=O)c2ccc3c(c2)CCC3)CC1)Nc1ccc(F)c(F)c1. The maximum Gasteiger partial charge on any atom is 0.309 e. The van der Waals surface area contributed by atoms with Gasteiger partial charge in [0.25, 0.3) is 5.91 Å². The lowest BCUT2D eigenvalue weighted by Crippen LogP contribution is -2.41. The molecule has 1 aliphatic heterocycles. The Morgan fingerprint density at radius 2 is 1.73 bits per heavy atom. The molecule has 0 radical (unpaired) electrons. The van der Waals surface area contributed by atoms with Crippen molar-refractivity contribution in [1.29, 1.82) is 0 Å². The van der Waals surface area contributed by atoms with Crippen LogP contribution in [0.2, 0.25) is 0 Å². The number of amides is 1. The number of hydrogen-bond donors (Lipinski definition) is 1. The van der Waals surface area contributed by atoms with Crippen LogP contribution in [-0.4, -0.2) is 44.3 Å². The fourth-order valence-corrected chi connectivity index (χ4v) is 5.74. The molecule has 2 aromatic rings. The van der Waals surface area contributed by atoms with Crippen LogP contribution in [0.3, 0.4) is 0 Å². The largest absolute Gasteiger partial charge is 0.455 e. The van der Waals surface area contributed by atoms with Crippen molar-refractivity contribution < 1.29 is 31.5 Å². The molecule has 0 atom stereocenters. The number of nitrogens with zero attached hydrogens (tertiary/aromatic N) is 1. The second-order valence-electron chi connectivity index (χ2n) is 8.25. The molecule has 176 valence electrons. The maximum atomic E-state index is 13.2. The Kier molecular flexibility index (Phi) is 6.76. The summed E-state index contributed by atoms with van der Waals surface area (Å²) in [6.45, 7) is -0.216. The molecule has 1 saturated heterocycles. The molecule has 0 bridgehead atoms. The van der Waals surface area contributed by atoms with Gasteiger partial charge in [0.15, 0.2) is 18.2 Å². The van der Waals surface area contributed by atoms with E-state index in [1.807, 2.05) is 6.07 Å². The smallest absolute Gasteiger partial charge is 0.309 e. The van der Waals surface area contributed by atoms with Crippen LogP contribution in [0.5, 0.6) is 0 Å². The summed E-state index contributed by atoms with van der Waals surface area (Å²) in [6, 6.07) is 8.17. The average molecular weight is 479 g/mol. The fraction of sp³-hybridized carbons (Fsp3) is 0.391. The van der Waals surface area contributed by atoms with Crippen molar-refractivity contribution in [2.75, 3.05) is 25.0 Å². The summed E-state index contributed by atoms with van der Waals surface area (Å²) in [5.41, 5.74) is 2.32. The van der Waals surface area contributed by atoms with E-state index in [4.69, 9.17) is 4.74 Å². The number of rotatable bonds is 6.